The first-order valence-corrected chi connectivity index (χ1v) is 14.3. The van der Waals surface area contributed by atoms with Crippen LogP contribution in [-0.2, 0) is 10.2 Å². The van der Waals surface area contributed by atoms with Crippen LogP contribution >= 0.6 is 11.8 Å². The molecule has 2 heterocycles. The molecule has 4 bridgehead atoms. The monoisotopic (exact) mass is 499 g/mol. The maximum absolute atomic E-state index is 13.7. The molecule has 35 heavy (non-hydrogen) atoms. The fraction of sp³-hybridized carbons (Fsp3) is 0.741. The van der Waals surface area contributed by atoms with Gasteiger partial charge < -0.3 is 20.8 Å². The van der Waals surface area contributed by atoms with Crippen molar-refractivity contribution in [3.63, 3.8) is 0 Å². The number of thioether (sulfide) groups is 1. The van der Waals surface area contributed by atoms with E-state index in [0.717, 1.165) is 68.6 Å². The molecule has 1 amide bonds. The molecule has 6 aliphatic rings. The van der Waals surface area contributed by atoms with Crippen molar-refractivity contribution in [2.75, 3.05) is 13.1 Å². The van der Waals surface area contributed by atoms with Gasteiger partial charge in [-0.05, 0) is 87.8 Å². The Kier molecular flexibility index (Phi) is 6.13. The van der Waals surface area contributed by atoms with Gasteiger partial charge in [-0.25, -0.2) is 4.98 Å². The molecular formula is C27H37N3O4S. The number of nitrogens with one attached hydrogen (secondary N) is 2. The van der Waals surface area contributed by atoms with E-state index in [-0.39, 0.29) is 18.4 Å². The van der Waals surface area contributed by atoms with E-state index < -0.39 is 17.0 Å². The third-order valence-corrected chi connectivity index (χ3v) is 10.8. The first-order chi connectivity index (χ1) is 16.8. The second-order valence-electron chi connectivity index (χ2n) is 12.0. The number of aliphatic hydroxyl groups is 1. The molecule has 190 valence electrons. The molecule has 7 nitrogen and oxygen atoms in total. The second kappa shape index (κ2) is 9.03. The van der Waals surface area contributed by atoms with Gasteiger partial charge in [0, 0.05) is 28.9 Å². The highest BCUT2D eigenvalue weighted by Crippen LogP contribution is 2.55. The number of carboxylic acids is 1. The van der Waals surface area contributed by atoms with Crippen molar-refractivity contribution in [1.82, 2.24) is 15.6 Å². The predicted octanol–water partition coefficient (Wildman–Crippen LogP) is 3.49. The van der Waals surface area contributed by atoms with Gasteiger partial charge in [-0.1, -0.05) is 12.8 Å². The first kappa shape index (κ1) is 23.7. The van der Waals surface area contributed by atoms with Gasteiger partial charge in [0.25, 0.3) is 5.91 Å². The summed E-state index contributed by atoms with van der Waals surface area (Å²) in [5.41, 5.74) is 0.370. The van der Waals surface area contributed by atoms with Gasteiger partial charge in [0.05, 0.1) is 17.6 Å². The smallest absolute Gasteiger partial charge is 0.304 e. The molecule has 0 spiro atoms. The van der Waals surface area contributed by atoms with Gasteiger partial charge in [0.1, 0.15) is 5.03 Å². The van der Waals surface area contributed by atoms with Crippen LogP contribution in [0.5, 0.6) is 0 Å². The molecule has 2 unspecified atom stereocenters. The lowest BCUT2D eigenvalue weighted by Gasteiger charge is -2.58. The molecule has 3 atom stereocenters. The lowest BCUT2D eigenvalue weighted by atomic mass is 9.52. The number of carboxylic acid groups (broad SMARTS) is 1. The van der Waals surface area contributed by atoms with Crippen LogP contribution in [0.4, 0.5) is 0 Å². The molecule has 6 fully saturated rings. The van der Waals surface area contributed by atoms with Crippen molar-refractivity contribution < 1.29 is 19.8 Å². The molecule has 0 aromatic carbocycles. The standard InChI is InChI=1S/C27H37N3O4S/c31-22(32)14-26(7-8-28-15-26)21-6-5-20(25(29-21)35-19-3-1-2-4-19)24(33)30-23-17-9-16-10-18(23)13-27(34,11-16)12-17/h5-6,16-19,23,28,34H,1-4,7-15H2,(H,30,33)(H,31,32)/t16?,17?,18?,23?,26-,27?/m1/s1. The summed E-state index contributed by atoms with van der Waals surface area (Å²) in [4.78, 5) is 30.4. The Bertz CT molecular complexity index is 988. The normalized spacial score (nSPS) is 38.2. The van der Waals surface area contributed by atoms with Gasteiger partial charge in [0.2, 0.25) is 0 Å². The lowest BCUT2D eigenvalue weighted by molar-refractivity contribution is -0.138. The quantitative estimate of drug-likeness (QED) is 0.454. The summed E-state index contributed by atoms with van der Waals surface area (Å²) >= 11 is 1.71. The molecule has 1 aliphatic heterocycles. The number of hydrogen-bond acceptors (Lipinski definition) is 6. The summed E-state index contributed by atoms with van der Waals surface area (Å²) in [6.07, 6.45) is 10.2. The number of amides is 1. The molecule has 4 N–H and O–H groups in total. The largest absolute Gasteiger partial charge is 0.481 e. The van der Waals surface area contributed by atoms with Crippen LogP contribution in [0, 0.1) is 17.8 Å². The molecule has 1 aromatic heterocycles. The van der Waals surface area contributed by atoms with Crippen LogP contribution < -0.4 is 10.6 Å². The van der Waals surface area contributed by atoms with Gasteiger partial charge in [-0.15, -0.1) is 11.8 Å². The van der Waals surface area contributed by atoms with Crippen LogP contribution in [0.2, 0.25) is 0 Å². The van der Waals surface area contributed by atoms with Crippen LogP contribution in [0.25, 0.3) is 0 Å². The van der Waals surface area contributed by atoms with E-state index in [4.69, 9.17) is 4.98 Å². The van der Waals surface area contributed by atoms with E-state index in [1.165, 1.54) is 12.8 Å². The number of rotatable bonds is 7. The number of carbonyl (C=O) groups is 2. The molecule has 5 saturated carbocycles. The van der Waals surface area contributed by atoms with Crippen molar-refractivity contribution in [1.29, 1.82) is 0 Å². The average Bonchev–Trinajstić information content (AvgIpc) is 3.47. The highest BCUT2D eigenvalue weighted by atomic mass is 32.2. The SMILES string of the molecule is O=C(O)C[C@]1(c2ccc(C(=O)NC3C4CC5CC3CC(O)(C5)C4)c(SC3CCCC3)n2)CCNC1. The Morgan fingerprint density at radius 3 is 2.51 bits per heavy atom. The second-order valence-corrected chi connectivity index (χ2v) is 13.3. The third-order valence-electron chi connectivity index (χ3n) is 9.50. The molecular weight excluding hydrogens is 462 g/mol. The van der Waals surface area contributed by atoms with Gasteiger partial charge >= 0.3 is 5.97 Å². The average molecular weight is 500 g/mol. The van der Waals surface area contributed by atoms with Crippen LogP contribution in [0.1, 0.15) is 86.7 Å². The van der Waals surface area contributed by atoms with Crippen molar-refractivity contribution in [3.8, 4) is 0 Å². The van der Waals surface area contributed by atoms with E-state index in [9.17, 15) is 19.8 Å². The minimum atomic E-state index is -0.814. The summed E-state index contributed by atoms with van der Waals surface area (Å²) in [6, 6.07) is 3.91. The Morgan fingerprint density at radius 2 is 1.89 bits per heavy atom. The van der Waals surface area contributed by atoms with E-state index in [1.54, 1.807) is 11.8 Å². The Balaban J connectivity index is 1.28. The summed E-state index contributed by atoms with van der Waals surface area (Å²) in [5.74, 6) is 0.441. The number of nitrogens with zero attached hydrogens (tertiary/aromatic N) is 1. The van der Waals surface area contributed by atoms with Gasteiger partial charge in [0.15, 0.2) is 0 Å². The fourth-order valence-electron chi connectivity index (χ4n) is 8.10. The zero-order chi connectivity index (χ0) is 24.2. The molecule has 7 rings (SSSR count). The van der Waals surface area contributed by atoms with Crippen LogP contribution in [0.15, 0.2) is 17.2 Å². The van der Waals surface area contributed by atoms with Gasteiger partial charge in [-0.2, -0.15) is 0 Å². The highest BCUT2D eigenvalue weighted by Gasteiger charge is 2.55. The summed E-state index contributed by atoms with van der Waals surface area (Å²) in [7, 11) is 0. The zero-order valence-electron chi connectivity index (χ0n) is 20.3. The zero-order valence-corrected chi connectivity index (χ0v) is 21.1. The predicted molar refractivity (Wildman–Crippen MR) is 134 cm³/mol. The number of aromatic nitrogens is 1. The summed E-state index contributed by atoms with van der Waals surface area (Å²) < 4.78 is 0. The molecule has 1 aromatic rings. The number of carbonyl (C=O) groups excluding carboxylic acids is 1. The molecule has 8 heteroatoms. The Labute approximate surface area is 211 Å². The lowest BCUT2D eigenvalue weighted by Crippen LogP contribution is -2.61. The number of hydrogen-bond donors (Lipinski definition) is 4. The van der Waals surface area contributed by atoms with Crippen molar-refractivity contribution in [3.05, 3.63) is 23.4 Å². The van der Waals surface area contributed by atoms with Gasteiger partial charge in [-0.3, -0.25) is 9.59 Å². The van der Waals surface area contributed by atoms with E-state index >= 15 is 0 Å². The number of pyridine rings is 1. The minimum Gasteiger partial charge on any atom is -0.481 e. The molecule has 5 aliphatic carbocycles. The van der Waals surface area contributed by atoms with Crippen LogP contribution in [-0.4, -0.2) is 57.1 Å². The molecule has 1 saturated heterocycles. The first-order valence-electron chi connectivity index (χ1n) is 13.5. The van der Waals surface area contributed by atoms with Crippen molar-refractivity contribution >= 4 is 23.6 Å². The summed E-state index contributed by atoms with van der Waals surface area (Å²) in [5, 5.41) is 28.4. The Morgan fingerprint density at radius 1 is 1.14 bits per heavy atom. The van der Waals surface area contributed by atoms with Crippen molar-refractivity contribution in [2.45, 2.75) is 98.0 Å². The Hall–Kier alpha value is -1.64. The minimum absolute atomic E-state index is 0.0432. The topological polar surface area (TPSA) is 112 Å². The molecule has 0 radical (unpaired) electrons. The highest BCUT2D eigenvalue weighted by molar-refractivity contribution is 7.99. The maximum atomic E-state index is 13.7. The van der Waals surface area contributed by atoms with E-state index in [0.29, 0.717) is 35.1 Å². The summed E-state index contributed by atoms with van der Waals surface area (Å²) in [6.45, 7) is 1.38. The fourth-order valence-corrected chi connectivity index (χ4v) is 9.43. The number of aliphatic carboxylic acids is 1. The van der Waals surface area contributed by atoms with Crippen LogP contribution in [0.3, 0.4) is 0 Å². The van der Waals surface area contributed by atoms with Crippen molar-refractivity contribution in [2.24, 2.45) is 17.8 Å². The van der Waals surface area contributed by atoms with E-state index in [2.05, 4.69) is 10.6 Å². The van der Waals surface area contributed by atoms with E-state index in [1.807, 2.05) is 12.1 Å². The maximum Gasteiger partial charge on any atom is 0.304 e. The third kappa shape index (κ3) is 4.51.